The van der Waals surface area contributed by atoms with E-state index in [4.69, 9.17) is 4.74 Å². The molecule has 1 N–H and O–H groups in total. The third-order valence-corrected chi connectivity index (χ3v) is 2.58. The fourth-order valence-corrected chi connectivity index (χ4v) is 1.69. The van der Waals surface area contributed by atoms with Gasteiger partial charge in [-0.1, -0.05) is 12.1 Å². The minimum Gasteiger partial charge on any atom is -0.514 e. The maximum atomic E-state index is 10.9. The first-order valence-electron chi connectivity index (χ1n) is 6.05. The maximum Gasteiger partial charge on any atom is 0.221 e. The van der Waals surface area contributed by atoms with Gasteiger partial charge in [0.15, 0.2) is 0 Å². The molecule has 0 bridgehead atoms. The second kappa shape index (κ2) is 5.96. The average molecular weight is 254 g/mol. The van der Waals surface area contributed by atoms with Crippen LogP contribution in [0.15, 0.2) is 60.4 Å². The molecular formula is C16H16NO2-. The number of benzene rings is 1. The number of hydrogen-bond acceptors (Lipinski definition) is 2. The summed E-state index contributed by atoms with van der Waals surface area (Å²) in [6.07, 6.45) is 7.64. The highest BCUT2D eigenvalue weighted by atomic mass is 16.5. The molecule has 1 aromatic carbocycles. The van der Waals surface area contributed by atoms with Crippen LogP contribution in [0.2, 0.25) is 0 Å². The molecule has 1 aliphatic carbocycles. The number of ether oxygens (including phenoxy) is 1. The van der Waals surface area contributed by atoms with Crippen molar-refractivity contribution in [1.29, 1.82) is 0 Å². The Bertz CT molecular complexity index is 538. The molecule has 0 saturated heterocycles. The number of hydrogen-bond donors (Lipinski definition) is 1. The van der Waals surface area contributed by atoms with E-state index >= 15 is 0 Å². The molecule has 1 amide bonds. The number of anilines is 1. The Hall–Kier alpha value is -2.42. The van der Waals surface area contributed by atoms with Crippen molar-refractivity contribution in [2.75, 3.05) is 5.32 Å². The first kappa shape index (κ1) is 13.0. The minimum absolute atomic E-state index is 0.0729. The molecule has 3 heteroatoms. The van der Waals surface area contributed by atoms with E-state index in [9.17, 15) is 4.79 Å². The fourth-order valence-electron chi connectivity index (χ4n) is 1.69. The number of amides is 1. The van der Waals surface area contributed by atoms with Crippen molar-refractivity contribution in [3.05, 3.63) is 72.4 Å². The van der Waals surface area contributed by atoms with Crippen molar-refractivity contribution < 1.29 is 9.53 Å². The van der Waals surface area contributed by atoms with Crippen molar-refractivity contribution in [3.63, 3.8) is 0 Å². The highest BCUT2D eigenvalue weighted by Crippen LogP contribution is 2.17. The van der Waals surface area contributed by atoms with Gasteiger partial charge in [-0.15, -0.1) is 24.6 Å². The monoisotopic (exact) mass is 254 g/mol. The molecule has 0 unspecified atom stereocenters. The van der Waals surface area contributed by atoms with Crippen LogP contribution in [-0.4, -0.2) is 5.91 Å². The summed E-state index contributed by atoms with van der Waals surface area (Å²) in [5.41, 5.74) is 2.76. The molecule has 1 aromatic rings. The largest absolute Gasteiger partial charge is 0.514 e. The van der Waals surface area contributed by atoms with Gasteiger partial charge in [0, 0.05) is 18.4 Å². The molecular weight excluding hydrogens is 238 g/mol. The lowest BCUT2D eigenvalue weighted by Crippen LogP contribution is -2.05. The van der Waals surface area contributed by atoms with E-state index < -0.39 is 0 Å². The summed E-state index contributed by atoms with van der Waals surface area (Å²) in [6, 6.07) is 7.58. The van der Waals surface area contributed by atoms with E-state index in [0.717, 1.165) is 22.6 Å². The van der Waals surface area contributed by atoms with E-state index in [2.05, 4.69) is 11.9 Å². The van der Waals surface area contributed by atoms with Gasteiger partial charge in [0.1, 0.15) is 6.61 Å². The van der Waals surface area contributed by atoms with Gasteiger partial charge in [-0.25, -0.2) is 0 Å². The second-order valence-corrected chi connectivity index (χ2v) is 4.31. The summed E-state index contributed by atoms with van der Waals surface area (Å²) in [5.74, 6) is 0.731. The summed E-state index contributed by atoms with van der Waals surface area (Å²) in [7, 11) is 0. The summed E-state index contributed by atoms with van der Waals surface area (Å²) < 4.78 is 5.67. The van der Waals surface area contributed by atoms with Gasteiger partial charge in [-0.05, 0) is 17.7 Å². The molecule has 1 aliphatic rings. The van der Waals surface area contributed by atoms with Crippen LogP contribution in [0.1, 0.15) is 12.5 Å². The smallest absolute Gasteiger partial charge is 0.221 e. The van der Waals surface area contributed by atoms with Gasteiger partial charge in [-0.2, -0.15) is 12.2 Å². The average Bonchev–Trinajstić information content (AvgIpc) is 2.37. The van der Waals surface area contributed by atoms with Crippen molar-refractivity contribution in [1.82, 2.24) is 0 Å². The Morgan fingerprint density at radius 3 is 2.74 bits per heavy atom. The van der Waals surface area contributed by atoms with Crippen LogP contribution in [0, 0.1) is 6.42 Å². The van der Waals surface area contributed by atoms with Gasteiger partial charge >= 0.3 is 0 Å². The zero-order chi connectivity index (χ0) is 13.7. The lowest BCUT2D eigenvalue weighted by Gasteiger charge is -2.18. The van der Waals surface area contributed by atoms with Gasteiger partial charge in [0.25, 0.3) is 0 Å². The van der Waals surface area contributed by atoms with Gasteiger partial charge in [0.05, 0.1) is 0 Å². The first-order chi connectivity index (χ1) is 9.13. The molecule has 0 aromatic heterocycles. The third-order valence-electron chi connectivity index (χ3n) is 2.58. The zero-order valence-electron chi connectivity index (χ0n) is 10.8. The van der Waals surface area contributed by atoms with Crippen LogP contribution in [0.25, 0.3) is 0 Å². The van der Waals surface area contributed by atoms with Crippen LogP contribution < -0.4 is 5.32 Å². The molecule has 0 fully saturated rings. The SMILES string of the molecule is C=C1C=C[CH-]C(OCc2ccc(NC(C)=O)cc2)=C1. The second-order valence-electron chi connectivity index (χ2n) is 4.31. The van der Waals surface area contributed by atoms with Gasteiger partial charge in [0.2, 0.25) is 5.91 Å². The lowest BCUT2D eigenvalue weighted by molar-refractivity contribution is -0.114. The highest BCUT2D eigenvalue weighted by Gasteiger charge is 1.98. The predicted octanol–water partition coefficient (Wildman–Crippen LogP) is 3.38. The number of carbonyl (C=O) groups is 1. The molecule has 0 heterocycles. The quantitative estimate of drug-likeness (QED) is 0.836. The Morgan fingerprint density at radius 1 is 1.37 bits per heavy atom. The number of nitrogens with one attached hydrogen (secondary N) is 1. The number of rotatable bonds is 4. The van der Waals surface area contributed by atoms with Gasteiger partial charge in [-0.3, -0.25) is 4.79 Å². The van der Waals surface area contributed by atoms with Crippen molar-refractivity contribution in [3.8, 4) is 0 Å². The number of allylic oxidation sites excluding steroid dienone is 4. The first-order valence-corrected chi connectivity index (χ1v) is 6.05. The summed E-state index contributed by atoms with van der Waals surface area (Å²) in [6.45, 7) is 5.83. The predicted molar refractivity (Wildman–Crippen MR) is 76.2 cm³/mol. The molecule has 0 spiro atoms. The molecule has 0 aliphatic heterocycles. The van der Waals surface area contributed by atoms with Crippen LogP contribution in [-0.2, 0) is 16.1 Å². The fraction of sp³-hybridized carbons (Fsp3) is 0.125. The topological polar surface area (TPSA) is 38.3 Å². The van der Waals surface area contributed by atoms with E-state index in [0.29, 0.717) is 6.61 Å². The van der Waals surface area contributed by atoms with Crippen molar-refractivity contribution in [2.24, 2.45) is 0 Å². The zero-order valence-corrected chi connectivity index (χ0v) is 10.8. The third kappa shape index (κ3) is 4.07. The molecule has 0 atom stereocenters. The Labute approximate surface area is 113 Å². The Kier molecular flexibility index (Phi) is 4.08. The van der Waals surface area contributed by atoms with Crippen LogP contribution in [0.4, 0.5) is 5.69 Å². The molecule has 0 radical (unpaired) electrons. The van der Waals surface area contributed by atoms with E-state index in [1.54, 1.807) is 0 Å². The van der Waals surface area contributed by atoms with Gasteiger partial charge < -0.3 is 10.1 Å². The molecule has 0 saturated carbocycles. The highest BCUT2D eigenvalue weighted by molar-refractivity contribution is 5.88. The summed E-state index contributed by atoms with van der Waals surface area (Å²) in [4.78, 5) is 10.9. The molecule has 3 nitrogen and oxygen atoms in total. The molecule has 2 rings (SSSR count). The Morgan fingerprint density at radius 2 is 2.11 bits per heavy atom. The van der Waals surface area contributed by atoms with Crippen LogP contribution in [0.5, 0.6) is 0 Å². The summed E-state index contributed by atoms with van der Waals surface area (Å²) >= 11 is 0. The van der Waals surface area contributed by atoms with Crippen LogP contribution in [0.3, 0.4) is 0 Å². The molecule has 98 valence electrons. The number of carbonyl (C=O) groups excluding carboxylic acids is 1. The normalized spacial score (nSPS) is 13.5. The van der Waals surface area contributed by atoms with E-state index in [-0.39, 0.29) is 5.91 Å². The van der Waals surface area contributed by atoms with Crippen molar-refractivity contribution >= 4 is 11.6 Å². The van der Waals surface area contributed by atoms with E-state index in [1.807, 2.05) is 48.9 Å². The van der Waals surface area contributed by atoms with Crippen LogP contribution >= 0.6 is 0 Å². The Balaban J connectivity index is 1.89. The maximum absolute atomic E-state index is 10.9. The van der Waals surface area contributed by atoms with E-state index in [1.165, 1.54) is 6.92 Å². The summed E-state index contributed by atoms with van der Waals surface area (Å²) in [5, 5.41) is 2.73. The lowest BCUT2D eigenvalue weighted by atomic mass is 10.1. The van der Waals surface area contributed by atoms with Crippen molar-refractivity contribution in [2.45, 2.75) is 13.5 Å². The minimum atomic E-state index is -0.0729. The molecule has 19 heavy (non-hydrogen) atoms. The standard InChI is InChI=1S/C16H16NO2/c1-12-4-3-5-16(10-12)19-11-14-6-8-15(9-7-14)17-13(2)18/h3-10H,1,11H2,2H3,(H,17,18)/q-1.